The van der Waals surface area contributed by atoms with Crippen LogP contribution in [-0.2, 0) is 28.7 Å². The van der Waals surface area contributed by atoms with Gasteiger partial charge in [0.25, 0.3) is 0 Å². The largest absolute Gasteiger partial charge is 0.447 e. The Labute approximate surface area is 307 Å². The van der Waals surface area contributed by atoms with Gasteiger partial charge in [0.2, 0.25) is 23.6 Å². The lowest BCUT2D eigenvalue weighted by atomic mass is 9.95. The van der Waals surface area contributed by atoms with Crippen LogP contribution in [0.25, 0.3) is 0 Å². The molecule has 0 aromatic carbocycles. The summed E-state index contributed by atoms with van der Waals surface area (Å²) in [7, 11) is 0. The Morgan fingerprint density at radius 3 is 2.00 bits per heavy atom. The molecule has 22 nitrogen and oxygen atoms in total. The molecule has 53 heavy (non-hydrogen) atoms. The maximum atomic E-state index is 13.0. The number of guanidine groups is 1. The van der Waals surface area contributed by atoms with Crippen molar-refractivity contribution in [1.82, 2.24) is 31.9 Å². The number of nitrogens with one attached hydrogen (secondary N) is 6. The van der Waals surface area contributed by atoms with E-state index >= 15 is 0 Å². The average Bonchev–Trinajstić information content (AvgIpc) is 3.53. The van der Waals surface area contributed by atoms with Crippen molar-refractivity contribution < 1.29 is 48.8 Å². The number of hydrogen-bond donors (Lipinski definition) is 14. The number of amides is 5. The first-order chi connectivity index (χ1) is 25.2. The number of β-amino-alcohol motifs (C(OH)–C–C–N with tert-alkyl or cyclic N) is 1. The molecule has 0 aromatic heterocycles. The van der Waals surface area contributed by atoms with Crippen LogP contribution in [0.3, 0.4) is 0 Å². The lowest BCUT2D eigenvalue weighted by molar-refractivity contribution is -0.198. The number of nitrogens with zero attached hydrogens (tertiary/aromatic N) is 1. The lowest BCUT2D eigenvalue weighted by Crippen LogP contribution is -2.69. The van der Waals surface area contributed by atoms with Crippen molar-refractivity contribution in [3.05, 3.63) is 0 Å². The molecular weight excluding hydrogens is 700 g/mol. The molecule has 2 fully saturated rings. The third-order valence-electron chi connectivity index (χ3n) is 9.09. The van der Waals surface area contributed by atoms with Gasteiger partial charge < -0.3 is 85.4 Å². The second-order valence-corrected chi connectivity index (χ2v) is 13.7. The summed E-state index contributed by atoms with van der Waals surface area (Å²) in [6.07, 6.45) is -4.28. The van der Waals surface area contributed by atoms with Crippen molar-refractivity contribution in [2.24, 2.45) is 33.7 Å². The molecular formula is C31H58N12O10. The molecule has 0 unspecified atom stereocenters. The predicted molar refractivity (Wildman–Crippen MR) is 189 cm³/mol. The molecule has 0 aromatic rings. The molecule has 0 aliphatic carbocycles. The standard InChI is InChI=1S/C31H58N12O10/c32-7-1-4-15(33)10-20(45)37-8-2-5-16(34)11-21(46)38-9-3-6-17(35)12-22(47)40-25-27(49)26(48)19(14-52-30(36)51)53-29(25)43-31-41-23-18(44)13-39-28(50)24(23)42-31/h15-19,23-27,29,44,48-49H,1-14,32-35H2,(H2,36,51)(H,37,45)(H,38,46)(H,39,50)(H,40,47)(H2,41,42,43)/t15-,16-,17-,18+,19+,23-,24-,25+,26-,27-,29+/m0/s1. The number of aliphatic hydroxyl groups excluding tert-OH is 3. The van der Waals surface area contributed by atoms with Gasteiger partial charge in [-0.25, -0.2) is 9.79 Å². The van der Waals surface area contributed by atoms with Gasteiger partial charge in [-0.15, -0.1) is 0 Å². The van der Waals surface area contributed by atoms with Gasteiger partial charge in [0.05, 0.1) is 12.1 Å². The van der Waals surface area contributed by atoms with Gasteiger partial charge in [0.1, 0.15) is 31.0 Å². The molecule has 3 rings (SSSR count). The minimum Gasteiger partial charge on any atom is -0.447 e. The van der Waals surface area contributed by atoms with Gasteiger partial charge in [0.15, 0.2) is 18.2 Å². The van der Waals surface area contributed by atoms with Crippen LogP contribution >= 0.6 is 0 Å². The SMILES string of the molecule is NCCC[C@H](N)CC(=O)NCCC[C@H](N)CC(=O)NCCC[C@H](N)CC(=O)N[C@@H]1[C@H](O)[C@@H](O)[C@@H](COC(N)=O)O[C@H]1NC1=N[C@@H]2C(=O)NC[C@@H](O)[C@@H]2N1. The maximum absolute atomic E-state index is 13.0. The lowest BCUT2D eigenvalue weighted by Gasteiger charge is -2.43. The van der Waals surface area contributed by atoms with E-state index in [1.165, 1.54) is 0 Å². The molecule has 0 spiro atoms. The molecule has 0 radical (unpaired) electrons. The zero-order valence-corrected chi connectivity index (χ0v) is 29.8. The Morgan fingerprint density at radius 1 is 0.887 bits per heavy atom. The first-order valence-electron chi connectivity index (χ1n) is 18.0. The summed E-state index contributed by atoms with van der Waals surface area (Å²) in [5, 5.41) is 48.5. The highest BCUT2D eigenvalue weighted by Gasteiger charge is 2.48. The van der Waals surface area contributed by atoms with Crippen molar-refractivity contribution in [3.8, 4) is 0 Å². The van der Waals surface area contributed by atoms with Crippen molar-refractivity contribution in [2.45, 2.75) is 125 Å². The Balaban J connectivity index is 1.40. The number of primary amides is 1. The van der Waals surface area contributed by atoms with E-state index in [4.69, 9.17) is 38.1 Å². The third-order valence-corrected chi connectivity index (χ3v) is 9.09. The Bertz CT molecular complexity index is 1260. The highest BCUT2D eigenvalue weighted by Crippen LogP contribution is 2.22. The molecule has 22 heteroatoms. The first-order valence-corrected chi connectivity index (χ1v) is 18.0. The van der Waals surface area contributed by atoms with Crippen molar-refractivity contribution >= 4 is 35.7 Å². The van der Waals surface area contributed by atoms with E-state index in [1.807, 2.05) is 0 Å². The molecule has 3 aliphatic rings. The van der Waals surface area contributed by atoms with E-state index in [-0.39, 0.29) is 49.6 Å². The quantitative estimate of drug-likeness (QED) is 0.0484. The predicted octanol–water partition coefficient (Wildman–Crippen LogP) is -6.53. The van der Waals surface area contributed by atoms with E-state index in [0.717, 1.165) is 6.42 Å². The Kier molecular flexibility index (Phi) is 17.8. The van der Waals surface area contributed by atoms with E-state index < -0.39 is 85.4 Å². The molecule has 2 saturated heterocycles. The second kappa shape index (κ2) is 21.7. The van der Waals surface area contributed by atoms with E-state index in [9.17, 15) is 39.3 Å². The summed E-state index contributed by atoms with van der Waals surface area (Å²) in [5.74, 6) is -1.34. The maximum Gasteiger partial charge on any atom is 0.404 e. The van der Waals surface area contributed by atoms with Gasteiger partial charge in [-0.1, -0.05) is 0 Å². The Morgan fingerprint density at radius 2 is 1.45 bits per heavy atom. The first kappa shape index (κ1) is 43.5. The number of piperidine rings is 1. The van der Waals surface area contributed by atoms with E-state index in [2.05, 4.69) is 36.9 Å². The molecule has 19 N–H and O–H groups in total. The smallest absolute Gasteiger partial charge is 0.404 e. The number of carbonyl (C=O) groups excluding carboxylic acids is 5. The van der Waals surface area contributed by atoms with E-state index in [0.29, 0.717) is 51.7 Å². The van der Waals surface area contributed by atoms with Gasteiger partial charge in [-0.2, -0.15) is 0 Å². The summed E-state index contributed by atoms with van der Waals surface area (Å²) in [6.45, 7) is 0.758. The summed E-state index contributed by atoms with van der Waals surface area (Å²) in [5.41, 5.74) is 28.7. The molecule has 302 valence electrons. The Hall–Kier alpha value is -3.90. The normalized spacial score (nSPS) is 28.2. The number of hydrogen-bond acceptors (Lipinski definition) is 17. The number of ether oxygens (including phenoxy) is 2. The number of aliphatic hydroxyl groups is 3. The summed E-state index contributed by atoms with van der Waals surface area (Å²) >= 11 is 0. The molecule has 3 heterocycles. The monoisotopic (exact) mass is 758 g/mol. The van der Waals surface area contributed by atoms with Crippen molar-refractivity contribution in [2.75, 3.05) is 32.8 Å². The highest BCUT2D eigenvalue weighted by molar-refractivity contribution is 5.92. The zero-order valence-electron chi connectivity index (χ0n) is 29.8. The third kappa shape index (κ3) is 14.5. The van der Waals surface area contributed by atoms with Crippen LogP contribution in [0.2, 0.25) is 0 Å². The van der Waals surface area contributed by atoms with Gasteiger partial charge in [0, 0.05) is 57.0 Å². The topological polar surface area (TPSA) is 379 Å². The van der Waals surface area contributed by atoms with Gasteiger partial charge >= 0.3 is 6.09 Å². The van der Waals surface area contributed by atoms with Crippen molar-refractivity contribution in [3.63, 3.8) is 0 Å². The molecule has 11 atom stereocenters. The summed E-state index contributed by atoms with van der Waals surface area (Å²) in [4.78, 5) is 65.0. The van der Waals surface area contributed by atoms with Crippen LogP contribution in [0.1, 0.15) is 57.8 Å². The minimum absolute atomic E-state index is 0.0174. The fourth-order valence-electron chi connectivity index (χ4n) is 6.20. The van der Waals surface area contributed by atoms with Gasteiger partial charge in [-0.3, -0.25) is 19.2 Å². The molecule has 3 aliphatic heterocycles. The molecule has 0 bridgehead atoms. The highest BCUT2D eigenvalue weighted by atomic mass is 16.6. The van der Waals surface area contributed by atoms with Crippen LogP contribution in [0.15, 0.2) is 4.99 Å². The van der Waals surface area contributed by atoms with Crippen LogP contribution < -0.4 is 60.6 Å². The number of nitrogens with two attached hydrogens (primary N) is 5. The average molecular weight is 759 g/mol. The number of aliphatic imine (C=N–C) groups is 1. The molecule has 0 saturated carbocycles. The summed E-state index contributed by atoms with van der Waals surface area (Å²) in [6, 6.07) is -4.21. The number of carbonyl (C=O) groups is 5. The van der Waals surface area contributed by atoms with Crippen LogP contribution in [0, 0.1) is 0 Å². The van der Waals surface area contributed by atoms with Crippen LogP contribution in [0.5, 0.6) is 0 Å². The van der Waals surface area contributed by atoms with E-state index in [1.54, 1.807) is 0 Å². The minimum atomic E-state index is -1.63. The van der Waals surface area contributed by atoms with Crippen molar-refractivity contribution in [1.29, 1.82) is 0 Å². The van der Waals surface area contributed by atoms with Gasteiger partial charge in [-0.05, 0) is 45.1 Å². The number of rotatable bonds is 21. The summed E-state index contributed by atoms with van der Waals surface area (Å²) < 4.78 is 10.6. The fourth-order valence-corrected chi connectivity index (χ4v) is 6.20. The fraction of sp³-hybridized carbons (Fsp3) is 0.806. The number of fused-ring (bicyclic) bond motifs is 1. The second-order valence-electron chi connectivity index (χ2n) is 13.7. The van der Waals surface area contributed by atoms with Crippen LogP contribution in [0.4, 0.5) is 4.79 Å². The molecule has 5 amide bonds. The van der Waals surface area contributed by atoms with Crippen LogP contribution in [-0.4, -0.2) is 151 Å². The zero-order chi connectivity index (χ0) is 39.1.